The maximum absolute atomic E-state index is 12.0. The lowest BCUT2D eigenvalue weighted by atomic mass is 10.4. The predicted octanol–water partition coefficient (Wildman–Crippen LogP) is 3.19. The molecule has 94 valence electrons. The van der Waals surface area contributed by atoms with Gasteiger partial charge in [0.1, 0.15) is 10.7 Å². The minimum absolute atomic E-state index is 0.00316. The van der Waals surface area contributed by atoms with Crippen LogP contribution in [-0.4, -0.2) is 13.4 Å². The van der Waals surface area contributed by atoms with Gasteiger partial charge in [0.2, 0.25) is 0 Å². The first-order chi connectivity index (χ1) is 8.49. The summed E-state index contributed by atoms with van der Waals surface area (Å²) in [4.78, 5) is 3.86. The molecule has 0 saturated carbocycles. The van der Waals surface area contributed by atoms with Crippen LogP contribution in [0.5, 0.6) is 0 Å². The van der Waals surface area contributed by atoms with Gasteiger partial charge in [0.25, 0.3) is 10.0 Å². The van der Waals surface area contributed by atoms with Crippen LogP contribution in [0.3, 0.4) is 0 Å². The Balaban J connectivity index is 2.33. The van der Waals surface area contributed by atoms with Gasteiger partial charge in [0, 0.05) is 6.20 Å². The predicted molar refractivity (Wildman–Crippen MR) is 71.5 cm³/mol. The molecule has 1 N–H and O–H groups in total. The molecule has 0 aliphatic carbocycles. The van der Waals surface area contributed by atoms with Crippen molar-refractivity contribution in [2.24, 2.45) is 0 Å². The van der Waals surface area contributed by atoms with E-state index in [-0.39, 0.29) is 15.7 Å². The van der Waals surface area contributed by atoms with Crippen molar-refractivity contribution in [3.05, 3.63) is 52.6 Å². The summed E-state index contributed by atoms with van der Waals surface area (Å²) in [6.07, 6.45) is 1.35. The van der Waals surface area contributed by atoms with Crippen LogP contribution in [0.1, 0.15) is 0 Å². The molecule has 1 aromatic heterocycles. The zero-order valence-corrected chi connectivity index (χ0v) is 11.3. The number of aromatic nitrogens is 1. The van der Waals surface area contributed by atoms with Crippen molar-refractivity contribution in [3.63, 3.8) is 0 Å². The van der Waals surface area contributed by atoms with E-state index >= 15 is 0 Å². The van der Waals surface area contributed by atoms with Crippen molar-refractivity contribution in [1.29, 1.82) is 0 Å². The molecule has 0 aliphatic rings. The average molecular weight is 303 g/mol. The summed E-state index contributed by atoms with van der Waals surface area (Å²) in [7, 11) is -3.74. The molecule has 0 unspecified atom stereocenters. The van der Waals surface area contributed by atoms with Crippen molar-refractivity contribution in [1.82, 2.24) is 4.98 Å². The second-order valence-corrected chi connectivity index (χ2v) is 5.89. The molecular formula is C11H8Cl2N2O2S. The van der Waals surface area contributed by atoms with Gasteiger partial charge in [-0.15, -0.1) is 0 Å². The van der Waals surface area contributed by atoms with Crippen molar-refractivity contribution < 1.29 is 8.42 Å². The third kappa shape index (κ3) is 2.93. The van der Waals surface area contributed by atoms with E-state index in [1.807, 2.05) is 0 Å². The molecule has 0 saturated heterocycles. The number of sulfonamides is 1. The molecule has 7 heteroatoms. The highest BCUT2D eigenvalue weighted by atomic mass is 35.5. The largest absolute Gasteiger partial charge is 0.264 e. The number of halogens is 2. The normalized spacial score (nSPS) is 11.2. The molecule has 0 fully saturated rings. The molecular weight excluding hydrogens is 295 g/mol. The number of anilines is 1. The van der Waals surface area contributed by atoms with E-state index in [0.29, 0.717) is 5.02 Å². The van der Waals surface area contributed by atoms with Crippen LogP contribution in [0, 0.1) is 0 Å². The van der Waals surface area contributed by atoms with Gasteiger partial charge in [0.15, 0.2) is 0 Å². The molecule has 0 spiro atoms. The number of benzene rings is 1. The molecule has 0 amide bonds. The second kappa shape index (κ2) is 5.14. The Kier molecular flexibility index (Phi) is 3.75. The maximum atomic E-state index is 12.0. The lowest BCUT2D eigenvalue weighted by Gasteiger charge is -2.08. The Morgan fingerprint density at radius 3 is 2.39 bits per heavy atom. The SMILES string of the molecule is O=S(=O)(Nc1ccc(Cl)cn1)c1ccccc1Cl. The third-order valence-corrected chi connectivity index (χ3v) is 4.17. The minimum Gasteiger partial charge on any atom is -0.263 e. The van der Waals surface area contributed by atoms with Gasteiger partial charge >= 0.3 is 0 Å². The summed E-state index contributed by atoms with van der Waals surface area (Å²) in [6.45, 7) is 0. The standard InChI is InChI=1S/C11H8Cl2N2O2S/c12-8-5-6-11(14-7-8)15-18(16,17)10-4-2-1-3-9(10)13/h1-7H,(H,14,15). The highest BCUT2D eigenvalue weighted by Crippen LogP contribution is 2.22. The van der Waals surface area contributed by atoms with Crippen LogP contribution in [0.2, 0.25) is 10.0 Å². The van der Waals surface area contributed by atoms with E-state index in [4.69, 9.17) is 23.2 Å². The van der Waals surface area contributed by atoms with Crippen LogP contribution < -0.4 is 4.72 Å². The van der Waals surface area contributed by atoms with Gasteiger partial charge in [-0.1, -0.05) is 35.3 Å². The first-order valence-electron chi connectivity index (χ1n) is 4.88. The smallest absolute Gasteiger partial charge is 0.263 e. The highest BCUT2D eigenvalue weighted by Gasteiger charge is 2.17. The van der Waals surface area contributed by atoms with Gasteiger partial charge in [-0.3, -0.25) is 4.72 Å². The number of hydrogen-bond acceptors (Lipinski definition) is 3. The van der Waals surface area contributed by atoms with E-state index in [1.54, 1.807) is 18.2 Å². The second-order valence-electron chi connectivity index (χ2n) is 3.40. The molecule has 1 heterocycles. The van der Waals surface area contributed by atoms with Crippen molar-refractivity contribution >= 4 is 39.0 Å². The molecule has 0 bridgehead atoms. The van der Waals surface area contributed by atoms with Gasteiger partial charge < -0.3 is 0 Å². The van der Waals surface area contributed by atoms with E-state index in [9.17, 15) is 8.42 Å². The summed E-state index contributed by atoms with van der Waals surface area (Å²) in [5, 5.41) is 0.578. The van der Waals surface area contributed by atoms with E-state index in [0.717, 1.165) is 0 Å². The summed E-state index contributed by atoms with van der Waals surface area (Å²) < 4.78 is 26.4. The van der Waals surface area contributed by atoms with E-state index in [2.05, 4.69) is 9.71 Å². The topological polar surface area (TPSA) is 59.1 Å². The first kappa shape index (κ1) is 13.1. The Hall–Kier alpha value is -1.30. The third-order valence-electron chi connectivity index (χ3n) is 2.09. The van der Waals surface area contributed by atoms with Crippen molar-refractivity contribution in [3.8, 4) is 0 Å². The monoisotopic (exact) mass is 302 g/mol. The van der Waals surface area contributed by atoms with E-state index in [1.165, 1.54) is 24.4 Å². The zero-order chi connectivity index (χ0) is 13.2. The van der Waals surface area contributed by atoms with Gasteiger partial charge in [-0.05, 0) is 24.3 Å². The molecule has 0 atom stereocenters. The van der Waals surface area contributed by atoms with Crippen molar-refractivity contribution in [2.75, 3.05) is 4.72 Å². The van der Waals surface area contributed by atoms with Crippen LogP contribution >= 0.6 is 23.2 Å². The lowest BCUT2D eigenvalue weighted by molar-refractivity contribution is 0.601. The quantitative estimate of drug-likeness (QED) is 0.947. The molecule has 1 aromatic carbocycles. The number of rotatable bonds is 3. The molecule has 0 radical (unpaired) electrons. The van der Waals surface area contributed by atoms with Crippen LogP contribution in [0.4, 0.5) is 5.82 Å². The van der Waals surface area contributed by atoms with Gasteiger partial charge in [-0.2, -0.15) is 0 Å². The summed E-state index contributed by atoms with van der Waals surface area (Å²) in [5.41, 5.74) is 0. The molecule has 0 aliphatic heterocycles. The fourth-order valence-corrected chi connectivity index (χ4v) is 2.93. The Labute approximate surface area is 115 Å². The fraction of sp³-hybridized carbons (Fsp3) is 0. The van der Waals surface area contributed by atoms with Gasteiger partial charge in [0.05, 0.1) is 10.0 Å². The van der Waals surface area contributed by atoms with Crippen LogP contribution in [0.15, 0.2) is 47.5 Å². The Bertz CT molecular complexity index is 657. The number of nitrogens with one attached hydrogen (secondary N) is 1. The van der Waals surface area contributed by atoms with Gasteiger partial charge in [-0.25, -0.2) is 13.4 Å². The van der Waals surface area contributed by atoms with E-state index < -0.39 is 10.0 Å². The number of pyridine rings is 1. The highest BCUT2D eigenvalue weighted by molar-refractivity contribution is 7.92. The molecule has 2 rings (SSSR count). The van der Waals surface area contributed by atoms with Crippen molar-refractivity contribution in [2.45, 2.75) is 4.90 Å². The van der Waals surface area contributed by atoms with Crippen LogP contribution in [-0.2, 0) is 10.0 Å². The average Bonchev–Trinajstić information content (AvgIpc) is 2.32. The maximum Gasteiger partial charge on any atom is 0.264 e. The summed E-state index contributed by atoms with van der Waals surface area (Å²) >= 11 is 11.5. The fourth-order valence-electron chi connectivity index (χ4n) is 1.29. The molecule has 2 aromatic rings. The Morgan fingerprint density at radius 1 is 1.06 bits per heavy atom. The lowest BCUT2D eigenvalue weighted by Crippen LogP contribution is -2.14. The number of nitrogens with zero attached hydrogens (tertiary/aromatic N) is 1. The van der Waals surface area contributed by atoms with Crippen LogP contribution in [0.25, 0.3) is 0 Å². The summed E-state index contributed by atoms with van der Waals surface area (Å²) in [6, 6.07) is 9.18. The summed E-state index contributed by atoms with van der Waals surface area (Å²) in [5.74, 6) is 0.180. The Morgan fingerprint density at radius 2 is 1.78 bits per heavy atom. The number of hydrogen-bond donors (Lipinski definition) is 1. The first-order valence-corrected chi connectivity index (χ1v) is 7.12. The zero-order valence-electron chi connectivity index (χ0n) is 8.97. The minimum atomic E-state index is -3.74. The molecule has 4 nitrogen and oxygen atoms in total. The molecule has 18 heavy (non-hydrogen) atoms.